The number of benzene rings is 2. The van der Waals surface area contributed by atoms with Gasteiger partial charge in [-0.15, -0.1) is 0 Å². The number of sulfonamides is 1. The molecule has 0 amide bonds. The molecule has 0 saturated carbocycles. The molecular formula is C19H20FN5O4S. The predicted molar refractivity (Wildman–Crippen MR) is 113 cm³/mol. The number of halogens is 1. The average Bonchev–Trinajstić information content (AvgIpc) is 2.70. The Morgan fingerprint density at radius 1 is 0.967 bits per heavy atom. The lowest BCUT2D eigenvalue weighted by Gasteiger charge is -2.14. The van der Waals surface area contributed by atoms with Gasteiger partial charge in [0.05, 0.1) is 38.0 Å². The lowest BCUT2D eigenvalue weighted by molar-refractivity contribution is 0.395. The zero-order chi connectivity index (χ0) is 21.7. The number of nitrogens with zero attached hydrogens (tertiary/aromatic N) is 2. The van der Waals surface area contributed by atoms with Crippen molar-refractivity contribution in [3.63, 3.8) is 0 Å². The highest BCUT2D eigenvalue weighted by atomic mass is 32.2. The van der Waals surface area contributed by atoms with E-state index in [1.165, 1.54) is 14.2 Å². The van der Waals surface area contributed by atoms with Gasteiger partial charge < -0.3 is 20.1 Å². The molecule has 0 spiro atoms. The van der Waals surface area contributed by atoms with Gasteiger partial charge in [0.2, 0.25) is 16.0 Å². The zero-order valence-corrected chi connectivity index (χ0v) is 17.2. The van der Waals surface area contributed by atoms with Gasteiger partial charge in [0.1, 0.15) is 11.5 Å². The quantitative estimate of drug-likeness (QED) is 0.495. The number of hydrogen-bond acceptors (Lipinski definition) is 8. The molecule has 0 aliphatic carbocycles. The first kappa shape index (κ1) is 21.1. The summed E-state index contributed by atoms with van der Waals surface area (Å²) in [4.78, 5) is 8.08. The molecule has 0 fully saturated rings. The molecule has 9 nitrogen and oxygen atoms in total. The normalized spacial score (nSPS) is 10.9. The number of nitrogens with one attached hydrogen (secondary N) is 3. The monoisotopic (exact) mass is 433 g/mol. The van der Waals surface area contributed by atoms with E-state index in [9.17, 15) is 12.8 Å². The van der Waals surface area contributed by atoms with Gasteiger partial charge in [-0.2, -0.15) is 4.98 Å². The van der Waals surface area contributed by atoms with E-state index in [2.05, 4.69) is 25.3 Å². The van der Waals surface area contributed by atoms with Crippen molar-refractivity contribution in [3.8, 4) is 11.5 Å². The van der Waals surface area contributed by atoms with E-state index in [0.717, 1.165) is 12.5 Å². The summed E-state index contributed by atoms with van der Waals surface area (Å²) in [5.41, 5.74) is 1.16. The van der Waals surface area contributed by atoms with Crippen LogP contribution < -0.4 is 24.8 Å². The molecule has 0 saturated heterocycles. The second-order valence-corrected chi connectivity index (χ2v) is 7.91. The van der Waals surface area contributed by atoms with Crippen molar-refractivity contribution in [2.45, 2.75) is 0 Å². The van der Waals surface area contributed by atoms with Gasteiger partial charge in [-0.25, -0.2) is 17.8 Å². The summed E-state index contributed by atoms with van der Waals surface area (Å²) in [7, 11) is -0.467. The number of rotatable bonds is 8. The highest BCUT2D eigenvalue weighted by Crippen LogP contribution is 2.29. The molecule has 2 aromatic carbocycles. The second-order valence-electron chi connectivity index (χ2n) is 6.16. The molecule has 0 radical (unpaired) electrons. The molecule has 0 aliphatic heterocycles. The summed E-state index contributed by atoms with van der Waals surface area (Å²) in [5.74, 6) is 0.377. The third kappa shape index (κ3) is 5.47. The third-order valence-electron chi connectivity index (χ3n) is 3.83. The molecule has 3 N–H and O–H groups in total. The van der Waals surface area contributed by atoms with Gasteiger partial charge in [0.15, 0.2) is 11.6 Å². The van der Waals surface area contributed by atoms with Crippen molar-refractivity contribution in [3.05, 3.63) is 54.5 Å². The highest BCUT2D eigenvalue weighted by molar-refractivity contribution is 7.92. The maximum Gasteiger partial charge on any atom is 0.229 e. The van der Waals surface area contributed by atoms with Gasteiger partial charge in [-0.3, -0.25) is 4.72 Å². The SMILES string of the molecule is COc1cc(Nc2ncc(F)c(Nc3ccccc3NS(C)(=O)=O)n2)cc(OC)c1. The fraction of sp³-hybridized carbons (Fsp3) is 0.158. The summed E-state index contributed by atoms with van der Waals surface area (Å²) >= 11 is 0. The number of anilines is 5. The molecule has 3 aromatic rings. The summed E-state index contributed by atoms with van der Waals surface area (Å²) in [6, 6.07) is 11.6. The van der Waals surface area contributed by atoms with Crippen LogP contribution in [0.2, 0.25) is 0 Å². The van der Waals surface area contributed by atoms with Crippen LogP contribution in [-0.2, 0) is 10.0 Å². The maximum atomic E-state index is 14.3. The van der Waals surface area contributed by atoms with E-state index in [0.29, 0.717) is 22.9 Å². The van der Waals surface area contributed by atoms with Crippen molar-refractivity contribution in [2.24, 2.45) is 0 Å². The largest absolute Gasteiger partial charge is 0.497 e. The number of para-hydroxylation sites is 2. The Bertz CT molecular complexity index is 1140. The summed E-state index contributed by atoms with van der Waals surface area (Å²) in [6.45, 7) is 0. The lowest BCUT2D eigenvalue weighted by Crippen LogP contribution is -2.11. The molecule has 0 aliphatic rings. The molecule has 1 aromatic heterocycles. The Kier molecular flexibility index (Phi) is 6.21. The van der Waals surface area contributed by atoms with Crippen LogP contribution in [0.1, 0.15) is 0 Å². The summed E-state index contributed by atoms with van der Waals surface area (Å²) in [5, 5.41) is 5.75. The lowest BCUT2D eigenvalue weighted by atomic mass is 10.2. The van der Waals surface area contributed by atoms with E-state index in [4.69, 9.17) is 9.47 Å². The number of aromatic nitrogens is 2. The Labute approximate surface area is 173 Å². The molecule has 1 heterocycles. The average molecular weight is 433 g/mol. The van der Waals surface area contributed by atoms with Crippen LogP contribution in [0.4, 0.5) is 33.2 Å². The molecule has 3 rings (SSSR count). The molecule has 158 valence electrons. The minimum Gasteiger partial charge on any atom is -0.497 e. The van der Waals surface area contributed by atoms with Crippen LogP contribution in [0.15, 0.2) is 48.7 Å². The van der Waals surface area contributed by atoms with Crippen LogP contribution in [0.25, 0.3) is 0 Å². The maximum absolute atomic E-state index is 14.3. The number of hydrogen-bond donors (Lipinski definition) is 3. The Balaban J connectivity index is 1.89. The molecule has 30 heavy (non-hydrogen) atoms. The van der Waals surface area contributed by atoms with Crippen molar-refractivity contribution >= 4 is 38.9 Å². The summed E-state index contributed by atoms with van der Waals surface area (Å²) in [6.07, 6.45) is 2.03. The van der Waals surface area contributed by atoms with E-state index in [1.54, 1.807) is 42.5 Å². The second kappa shape index (κ2) is 8.82. The smallest absolute Gasteiger partial charge is 0.229 e. The van der Waals surface area contributed by atoms with Crippen LogP contribution in [-0.4, -0.2) is 38.9 Å². The van der Waals surface area contributed by atoms with Crippen LogP contribution in [0.3, 0.4) is 0 Å². The van der Waals surface area contributed by atoms with Gasteiger partial charge in [-0.05, 0) is 12.1 Å². The van der Waals surface area contributed by atoms with E-state index < -0.39 is 15.8 Å². The summed E-state index contributed by atoms with van der Waals surface area (Å²) < 4.78 is 50.2. The van der Waals surface area contributed by atoms with Crippen molar-refractivity contribution < 1.29 is 22.3 Å². The first-order valence-electron chi connectivity index (χ1n) is 8.64. The van der Waals surface area contributed by atoms with Crippen LogP contribution in [0.5, 0.6) is 11.5 Å². The van der Waals surface area contributed by atoms with Crippen molar-refractivity contribution in [2.75, 3.05) is 35.8 Å². The number of ether oxygens (including phenoxy) is 2. The van der Waals surface area contributed by atoms with E-state index >= 15 is 0 Å². The third-order valence-corrected chi connectivity index (χ3v) is 4.42. The fourth-order valence-electron chi connectivity index (χ4n) is 2.53. The van der Waals surface area contributed by atoms with Crippen molar-refractivity contribution in [1.29, 1.82) is 0 Å². The van der Waals surface area contributed by atoms with Gasteiger partial charge >= 0.3 is 0 Å². The minimum absolute atomic E-state index is 0.114. The van der Waals surface area contributed by atoms with E-state index in [1.807, 2.05) is 0 Å². The standard InChI is InChI=1S/C19H20FN5O4S/c1-28-13-8-12(9-14(10-13)29-2)22-19-21-11-15(20)18(24-19)23-16-6-4-5-7-17(16)25-30(3,26)27/h4-11,25H,1-3H3,(H2,21,22,23,24). The first-order chi connectivity index (χ1) is 14.3. The highest BCUT2D eigenvalue weighted by Gasteiger charge is 2.12. The van der Waals surface area contributed by atoms with Crippen molar-refractivity contribution in [1.82, 2.24) is 9.97 Å². The molecule has 0 atom stereocenters. The molecule has 0 bridgehead atoms. The first-order valence-corrected chi connectivity index (χ1v) is 10.5. The van der Waals surface area contributed by atoms with Gasteiger partial charge in [-0.1, -0.05) is 12.1 Å². The zero-order valence-electron chi connectivity index (χ0n) is 16.4. The Morgan fingerprint density at radius 3 is 2.20 bits per heavy atom. The molecule has 0 unspecified atom stereocenters. The van der Waals surface area contributed by atoms with Gasteiger partial charge in [0, 0.05) is 23.9 Å². The topological polar surface area (TPSA) is 114 Å². The predicted octanol–water partition coefficient (Wildman–Crippen LogP) is 3.49. The van der Waals surface area contributed by atoms with Crippen LogP contribution in [0, 0.1) is 5.82 Å². The number of methoxy groups -OCH3 is 2. The van der Waals surface area contributed by atoms with Gasteiger partial charge in [0.25, 0.3) is 0 Å². The minimum atomic E-state index is -3.52. The molecule has 11 heteroatoms. The van der Waals surface area contributed by atoms with Crippen LogP contribution >= 0.6 is 0 Å². The Morgan fingerprint density at radius 2 is 1.60 bits per heavy atom. The Hall–Kier alpha value is -3.60. The van der Waals surface area contributed by atoms with E-state index in [-0.39, 0.29) is 17.5 Å². The fourth-order valence-corrected chi connectivity index (χ4v) is 3.11. The molecular weight excluding hydrogens is 413 g/mol.